The molecule has 1 aromatic heterocycles. The van der Waals surface area contributed by atoms with Gasteiger partial charge in [0.1, 0.15) is 5.75 Å². The van der Waals surface area contributed by atoms with Gasteiger partial charge in [0.05, 0.1) is 17.9 Å². The summed E-state index contributed by atoms with van der Waals surface area (Å²) in [6.45, 7) is 8.95. The Kier molecular flexibility index (Phi) is 5.73. The minimum absolute atomic E-state index is 0.0323. The first-order chi connectivity index (χ1) is 13.4. The highest BCUT2D eigenvalue weighted by molar-refractivity contribution is 5.90. The van der Waals surface area contributed by atoms with E-state index < -0.39 is 5.97 Å². The van der Waals surface area contributed by atoms with Crippen molar-refractivity contribution in [2.75, 3.05) is 6.61 Å². The van der Waals surface area contributed by atoms with Crippen LogP contribution >= 0.6 is 0 Å². The molecule has 0 spiro atoms. The molecule has 0 saturated carbocycles. The van der Waals surface area contributed by atoms with Gasteiger partial charge in [-0.15, -0.1) is 10.2 Å². The predicted molar refractivity (Wildman–Crippen MR) is 109 cm³/mol. The van der Waals surface area contributed by atoms with E-state index in [1.54, 1.807) is 24.3 Å². The summed E-state index contributed by atoms with van der Waals surface area (Å²) in [6, 6.07) is 18.4. The maximum absolute atomic E-state index is 12.3. The molecule has 0 bridgehead atoms. The van der Waals surface area contributed by atoms with Crippen molar-refractivity contribution >= 4 is 5.97 Å². The minimum atomic E-state index is -0.455. The Morgan fingerprint density at radius 2 is 1.57 bits per heavy atom. The Bertz CT molecular complexity index is 926. The lowest BCUT2D eigenvalue weighted by atomic mass is 9.87. The van der Waals surface area contributed by atoms with Gasteiger partial charge in [0.25, 0.3) is 0 Å². The number of benzene rings is 2. The van der Waals surface area contributed by atoms with Crippen LogP contribution in [0, 0.1) is 0 Å². The Morgan fingerprint density at radius 3 is 2.11 bits per heavy atom. The molecule has 0 aliphatic heterocycles. The number of hydrogen-bond acceptors (Lipinski definition) is 5. The van der Waals surface area contributed by atoms with Crippen LogP contribution in [0.4, 0.5) is 0 Å². The third-order valence-corrected chi connectivity index (χ3v) is 4.29. The molecule has 0 aliphatic rings. The molecule has 1 heterocycles. The van der Waals surface area contributed by atoms with Crippen molar-refractivity contribution in [3.05, 3.63) is 71.8 Å². The first-order valence-electron chi connectivity index (χ1n) is 9.26. The topological polar surface area (TPSA) is 61.3 Å². The van der Waals surface area contributed by atoms with E-state index in [0.717, 1.165) is 16.9 Å². The average Bonchev–Trinajstić information content (AvgIpc) is 2.69. The standard InChI is InChI=1S/C23H24N2O3/c1-5-27-19-12-8-16(9-13-19)20-14-15-21(25-24-20)28-22(26)17-6-10-18(11-7-17)23(2,3)4/h6-15H,5H2,1-4H3. The number of nitrogens with zero attached hydrogens (tertiary/aromatic N) is 2. The third-order valence-electron chi connectivity index (χ3n) is 4.29. The van der Waals surface area contributed by atoms with Crippen molar-refractivity contribution in [1.82, 2.24) is 10.2 Å². The van der Waals surface area contributed by atoms with Gasteiger partial charge in [-0.05, 0) is 60.4 Å². The van der Waals surface area contributed by atoms with Gasteiger partial charge in [0, 0.05) is 11.6 Å². The Hall–Kier alpha value is -3.21. The van der Waals surface area contributed by atoms with Crippen molar-refractivity contribution in [2.45, 2.75) is 33.1 Å². The number of esters is 1. The van der Waals surface area contributed by atoms with E-state index in [-0.39, 0.29) is 11.3 Å². The SMILES string of the molecule is CCOc1ccc(-c2ccc(OC(=O)c3ccc(C(C)(C)C)cc3)nn2)cc1. The zero-order valence-corrected chi connectivity index (χ0v) is 16.6. The molecule has 0 aliphatic carbocycles. The van der Waals surface area contributed by atoms with Gasteiger partial charge in [-0.2, -0.15) is 0 Å². The van der Waals surface area contributed by atoms with Crippen LogP contribution in [-0.4, -0.2) is 22.8 Å². The highest BCUT2D eigenvalue weighted by atomic mass is 16.5. The molecule has 0 unspecified atom stereocenters. The molecule has 0 amide bonds. The number of carbonyl (C=O) groups is 1. The number of aromatic nitrogens is 2. The van der Waals surface area contributed by atoms with Crippen LogP contribution in [0.3, 0.4) is 0 Å². The summed E-state index contributed by atoms with van der Waals surface area (Å²) >= 11 is 0. The summed E-state index contributed by atoms with van der Waals surface area (Å²) < 4.78 is 10.8. The fourth-order valence-electron chi connectivity index (χ4n) is 2.68. The summed E-state index contributed by atoms with van der Waals surface area (Å²) in [4.78, 5) is 12.3. The van der Waals surface area contributed by atoms with Crippen molar-refractivity contribution < 1.29 is 14.3 Å². The summed E-state index contributed by atoms with van der Waals surface area (Å²) in [5.74, 6) is 0.519. The molecule has 28 heavy (non-hydrogen) atoms. The second-order valence-electron chi connectivity index (χ2n) is 7.43. The monoisotopic (exact) mass is 376 g/mol. The van der Waals surface area contributed by atoms with Gasteiger partial charge >= 0.3 is 5.97 Å². The quantitative estimate of drug-likeness (QED) is 0.583. The number of ether oxygens (including phenoxy) is 2. The highest BCUT2D eigenvalue weighted by Gasteiger charge is 2.15. The molecule has 5 nitrogen and oxygen atoms in total. The zero-order chi connectivity index (χ0) is 20.1. The Morgan fingerprint density at radius 1 is 0.893 bits per heavy atom. The van der Waals surface area contributed by atoms with E-state index in [9.17, 15) is 4.79 Å². The lowest BCUT2D eigenvalue weighted by Gasteiger charge is -2.18. The Labute approximate surface area is 165 Å². The van der Waals surface area contributed by atoms with Crippen LogP contribution in [0.25, 0.3) is 11.3 Å². The van der Waals surface area contributed by atoms with E-state index in [0.29, 0.717) is 17.9 Å². The molecule has 0 atom stereocenters. The zero-order valence-electron chi connectivity index (χ0n) is 16.6. The van der Waals surface area contributed by atoms with Crippen molar-refractivity contribution in [3.8, 4) is 22.9 Å². The molecular weight excluding hydrogens is 352 g/mol. The Balaban J connectivity index is 1.67. The molecule has 2 aromatic carbocycles. The van der Waals surface area contributed by atoms with Crippen molar-refractivity contribution in [3.63, 3.8) is 0 Å². The predicted octanol–water partition coefficient (Wildman–Crippen LogP) is 5.06. The average molecular weight is 376 g/mol. The van der Waals surface area contributed by atoms with E-state index in [2.05, 4.69) is 31.0 Å². The second-order valence-corrected chi connectivity index (χ2v) is 7.43. The van der Waals surface area contributed by atoms with Gasteiger partial charge in [0.2, 0.25) is 5.88 Å². The fraction of sp³-hybridized carbons (Fsp3) is 0.261. The maximum atomic E-state index is 12.3. The smallest absolute Gasteiger partial charge is 0.344 e. The molecular formula is C23H24N2O3. The molecule has 5 heteroatoms. The van der Waals surface area contributed by atoms with Crippen LogP contribution in [0.5, 0.6) is 11.6 Å². The molecule has 3 aromatic rings. The normalized spacial score (nSPS) is 11.1. The van der Waals surface area contributed by atoms with E-state index in [1.807, 2.05) is 43.3 Å². The van der Waals surface area contributed by atoms with E-state index in [1.165, 1.54) is 0 Å². The summed E-state index contributed by atoms with van der Waals surface area (Å²) in [6.07, 6.45) is 0. The van der Waals surface area contributed by atoms with Crippen LogP contribution in [-0.2, 0) is 5.41 Å². The van der Waals surface area contributed by atoms with Gasteiger partial charge < -0.3 is 9.47 Å². The molecule has 0 N–H and O–H groups in total. The number of carbonyl (C=O) groups excluding carboxylic acids is 1. The van der Waals surface area contributed by atoms with Crippen molar-refractivity contribution in [2.24, 2.45) is 0 Å². The molecule has 3 rings (SSSR count). The first kappa shape index (κ1) is 19.5. The lowest BCUT2D eigenvalue weighted by Crippen LogP contribution is -2.13. The van der Waals surface area contributed by atoms with E-state index in [4.69, 9.17) is 9.47 Å². The van der Waals surface area contributed by atoms with Gasteiger partial charge in [-0.3, -0.25) is 0 Å². The minimum Gasteiger partial charge on any atom is -0.494 e. The summed E-state index contributed by atoms with van der Waals surface area (Å²) in [5.41, 5.74) is 3.27. The second kappa shape index (κ2) is 8.21. The first-order valence-corrected chi connectivity index (χ1v) is 9.26. The van der Waals surface area contributed by atoms with Crippen LogP contribution in [0.15, 0.2) is 60.7 Å². The highest BCUT2D eigenvalue weighted by Crippen LogP contribution is 2.23. The summed E-state index contributed by atoms with van der Waals surface area (Å²) in [7, 11) is 0. The molecule has 0 fully saturated rings. The third kappa shape index (κ3) is 4.74. The van der Waals surface area contributed by atoms with Crippen LogP contribution in [0.1, 0.15) is 43.6 Å². The van der Waals surface area contributed by atoms with Gasteiger partial charge in [0.15, 0.2) is 0 Å². The van der Waals surface area contributed by atoms with Crippen LogP contribution in [0.2, 0.25) is 0 Å². The molecule has 144 valence electrons. The largest absolute Gasteiger partial charge is 0.494 e. The number of hydrogen-bond donors (Lipinski definition) is 0. The maximum Gasteiger partial charge on any atom is 0.344 e. The van der Waals surface area contributed by atoms with Gasteiger partial charge in [-0.1, -0.05) is 32.9 Å². The summed E-state index contributed by atoms with van der Waals surface area (Å²) in [5, 5.41) is 8.16. The van der Waals surface area contributed by atoms with E-state index >= 15 is 0 Å². The molecule has 0 saturated heterocycles. The number of rotatable bonds is 5. The van der Waals surface area contributed by atoms with Crippen molar-refractivity contribution in [1.29, 1.82) is 0 Å². The van der Waals surface area contributed by atoms with Crippen LogP contribution < -0.4 is 9.47 Å². The fourth-order valence-corrected chi connectivity index (χ4v) is 2.68. The van der Waals surface area contributed by atoms with Gasteiger partial charge in [-0.25, -0.2) is 4.79 Å². The lowest BCUT2D eigenvalue weighted by molar-refractivity contribution is 0.0726. The molecule has 0 radical (unpaired) electrons.